The molecule has 0 unspecified atom stereocenters. The fourth-order valence-electron chi connectivity index (χ4n) is 2.48. The van der Waals surface area contributed by atoms with Crippen molar-refractivity contribution in [1.29, 1.82) is 5.26 Å². The molecule has 130 valence electrons. The van der Waals surface area contributed by atoms with Crippen molar-refractivity contribution in [3.8, 4) is 6.07 Å². The molecule has 0 aliphatic carbocycles. The molecule has 0 radical (unpaired) electrons. The van der Waals surface area contributed by atoms with Crippen LogP contribution in [0.3, 0.4) is 0 Å². The fraction of sp³-hybridized carbons (Fsp3) is 0.150. The van der Waals surface area contributed by atoms with Crippen LogP contribution in [0, 0.1) is 18.3 Å². The second-order valence-corrected chi connectivity index (χ2v) is 6.82. The standard InChI is InChI=1S/C20H17N3O2S/c1-14-10-18(23-25-14)22-20(24)19(17-8-3-2-4-9-17)26-13-16-7-5-6-15(11-16)12-21/h2-11,19H,13H2,1H3,(H,22,23,24)/t19-/m1/s1. The predicted octanol–water partition coefficient (Wildman–Crippen LogP) is 4.47. The number of nitrogens with one attached hydrogen (secondary N) is 1. The van der Waals surface area contributed by atoms with Crippen LogP contribution < -0.4 is 5.32 Å². The van der Waals surface area contributed by atoms with Crippen LogP contribution in [-0.2, 0) is 10.5 Å². The minimum atomic E-state index is -0.404. The minimum absolute atomic E-state index is 0.161. The number of aromatic nitrogens is 1. The van der Waals surface area contributed by atoms with Gasteiger partial charge < -0.3 is 9.84 Å². The van der Waals surface area contributed by atoms with Crippen LogP contribution in [0.25, 0.3) is 0 Å². The summed E-state index contributed by atoms with van der Waals surface area (Å²) < 4.78 is 5.00. The lowest BCUT2D eigenvalue weighted by Crippen LogP contribution is -2.19. The van der Waals surface area contributed by atoms with Crippen LogP contribution in [0.4, 0.5) is 5.82 Å². The van der Waals surface area contributed by atoms with Gasteiger partial charge in [0, 0.05) is 11.8 Å². The maximum absolute atomic E-state index is 12.8. The smallest absolute Gasteiger partial charge is 0.243 e. The molecule has 0 saturated carbocycles. The number of hydrogen-bond acceptors (Lipinski definition) is 5. The van der Waals surface area contributed by atoms with Gasteiger partial charge in [-0.3, -0.25) is 4.79 Å². The topological polar surface area (TPSA) is 78.9 Å². The first-order valence-corrected chi connectivity index (χ1v) is 9.10. The van der Waals surface area contributed by atoms with E-state index in [1.165, 1.54) is 11.8 Å². The SMILES string of the molecule is Cc1cc(NC(=O)[C@H](SCc2cccc(C#N)c2)c2ccccc2)no1. The Kier molecular flexibility index (Phi) is 5.72. The summed E-state index contributed by atoms with van der Waals surface area (Å²) >= 11 is 1.50. The first-order chi connectivity index (χ1) is 12.7. The van der Waals surface area contributed by atoms with Gasteiger partial charge in [-0.1, -0.05) is 47.6 Å². The third-order valence-electron chi connectivity index (χ3n) is 3.69. The summed E-state index contributed by atoms with van der Waals surface area (Å²) in [6, 6.07) is 20.8. The van der Waals surface area contributed by atoms with Crippen molar-refractivity contribution in [3.63, 3.8) is 0 Å². The third kappa shape index (κ3) is 4.52. The van der Waals surface area contributed by atoms with E-state index >= 15 is 0 Å². The van der Waals surface area contributed by atoms with Gasteiger partial charge in [-0.05, 0) is 30.2 Å². The second-order valence-electron chi connectivity index (χ2n) is 5.73. The van der Waals surface area contributed by atoms with Crippen molar-refractivity contribution in [2.45, 2.75) is 17.9 Å². The van der Waals surface area contributed by atoms with Crippen LogP contribution in [0.2, 0.25) is 0 Å². The van der Waals surface area contributed by atoms with E-state index in [9.17, 15) is 4.79 Å². The Balaban J connectivity index is 1.77. The molecule has 3 aromatic rings. The quantitative estimate of drug-likeness (QED) is 0.699. The number of aryl methyl sites for hydroxylation is 1. The molecule has 26 heavy (non-hydrogen) atoms. The zero-order valence-corrected chi connectivity index (χ0v) is 15.0. The lowest BCUT2D eigenvalue weighted by atomic mass is 10.1. The van der Waals surface area contributed by atoms with Crippen molar-refractivity contribution >= 4 is 23.5 Å². The van der Waals surface area contributed by atoms with Gasteiger partial charge in [0.25, 0.3) is 0 Å². The first kappa shape index (κ1) is 17.8. The molecule has 1 aromatic heterocycles. The Bertz CT molecular complexity index is 931. The Morgan fingerprint density at radius 1 is 1.23 bits per heavy atom. The monoisotopic (exact) mass is 363 g/mol. The highest BCUT2D eigenvalue weighted by atomic mass is 32.2. The minimum Gasteiger partial charge on any atom is -0.360 e. The van der Waals surface area contributed by atoms with E-state index in [1.807, 2.05) is 48.5 Å². The number of rotatable bonds is 6. The average molecular weight is 363 g/mol. The molecular formula is C20H17N3O2S. The summed E-state index contributed by atoms with van der Waals surface area (Å²) in [5.74, 6) is 1.49. The fourth-order valence-corrected chi connectivity index (χ4v) is 3.58. The zero-order chi connectivity index (χ0) is 18.4. The highest BCUT2D eigenvalue weighted by molar-refractivity contribution is 7.99. The lowest BCUT2D eigenvalue weighted by molar-refractivity contribution is -0.115. The van der Waals surface area contributed by atoms with Gasteiger partial charge in [-0.15, -0.1) is 11.8 Å². The van der Waals surface area contributed by atoms with E-state index in [-0.39, 0.29) is 5.91 Å². The van der Waals surface area contributed by atoms with E-state index in [4.69, 9.17) is 9.78 Å². The number of anilines is 1. The van der Waals surface area contributed by atoms with Crippen LogP contribution in [0.15, 0.2) is 65.2 Å². The summed E-state index contributed by atoms with van der Waals surface area (Å²) in [7, 11) is 0. The van der Waals surface area contributed by atoms with Crippen molar-refractivity contribution in [2.24, 2.45) is 0 Å². The largest absolute Gasteiger partial charge is 0.360 e. The van der Waals surface area contributed by atoms with Crippen LogP contribution in [0.5, 0.6) is 0 Å². The van der Waals surface area contributed by atoms with Crippen LogP contribution >= 0.6 is 11.8 Å². The average Bonchev–Trinajstić information content (AvgIpc) is 3.07. The lowest BCUT2D eigenvalue weighted by Gasteiger charge is -2.16. The summed E-state index contributed by atoms with van der Waals surface area (Å²) in [6.45, 7) is 1.77. The Morgan fingerprint density at radius 2 is 2.04 bits per heavy atom. The van der Waals surface area contributed by atoms with E-state index in [0.29, 0.717) is 22.9 Å². The molecule has 1 atom stereocenters. The summed E-state index contributed by atoms with van der Waals surface area (Å²) in [6.07, 6.45) is 0. The van der Waals surface area contributed by atoms with Crippen molar-refractivity contribution in [3.05, 3.63) is 83.1 Å². The Hall–Kier alpha value is -3.04. The van der Waals surface area contributed by atoms with E-state index in [2.05, 4.69) is 16.5 Å². The van der Waals surface area contributed by atoms with Gasteiger partial charge in [-0.2, -0.15) is 5.26 Å². The number of carbonyl (C=O) groups excluding carboxylic acids is 1. The number of hydrogen-bond donors (Lipinski definition) is 1. The highest BCUT2D eigenvalue weighted by Gasteiger charge is 2.22. The molecule has 1 N–H and O–H groups in total. The van der Waals surface area contributed by atoms with Crippen molar-refractivity contribution in [2.75, 3.05) is 5.32 Å². The maximum Gasteiger partial charge on any atom is 0.243 e. The summed E-state index contributed by atoms with van der Waals surface area (Å²) in [5, 5.41) is 15.3. The van der Waals surface area contributed by atoms with Crippen molar-refractivity contribution in [1.82, 2.24) is 5.16 Å². The second kappa shape index (κ2) is 8.37. The first-order valence-electron chi connectivity index (χ1n) is 8.05. The van der Waals surface area contributed by atoms with E-state index < -0.39 is 5.25 Å². The number of nitrogens with zero attached hydrogens (tertiary/aromatic N) is 2. The molecule has 1 heterocycles. The maximum atomic E-state index is 12.8. The van der Waals surface area contributed by atoms with E-state index in [0.717, 1.165) is 11.1 Å². The Labute approximate surface area is 156 Å². The van der Waals surface area contributed by atoms with Gasteiger partial charge in [0.2, 0.25) is 5.91 Å². The predicted molar refractivity (Wildman–Crippen MR) is 102 cm³/mol. The summed E-state index contributed by atoms with van der Waals surface area (Å²) in [5.41, 5.74) is 2.52. The normalized spacial score (nSPS) is 11.5. The van der Waals surface area contributed by atoms with Gasteiger partial charge in [0.1, 0.15) is 11.0 Å². The highest BCUT2D eigenvalue weighted by Crippen LogP contribution is 2.33. The number of nitriles is 1. The molecule has 0 saturated heterocycles. The molecule has 2 aromatic carbocycles. The number of amides is 1. The van der Waals surface area contributed by atoms with Gasteiger partial charge in [0.15, 0.2) is 5.82 Å². The molecular weight excluding hydrogens is 346 g/mol. The van der Waals surface area contributed by atoms with E-state index in [1.54, 1.807) is 19.1 Å². The molecule has 5 nitrogen and oxygen atoms in total. The Morgan fingerprint density at radius 3 is 2.73 bits per heavy atom. The summed E-state index contributed by atoms with van der Waals surface area (Å²) in [4.78, 5) is 12.8. The van der Waals surface area contributed by atoms with Gasteiger partial charge >= 0.3 is 0 Å². The molecule has 3 rings (SSSR count). The van der Waals surface area contributed by atoms with Crippen LogP contribution in [-0.4, -0.2) is 11.1 Å². The molecule has 0 aliphatic heterocycles. The molecule has 0 aliphatic rings. The van der Waals surface area contributed by atoms with Gasteiger partial charge in [0.05, 0.1) is 11.6 Å². The molecule has 6 heteroatoms. The molecule has 0 spiro atoms. The number of thioether (sulfide) groups is 1. The number of benzene rings is 2. The third-order valence-corrected chi connectivity index (χ3v) is 5.01. The van der Waals surface area contributed by atoms with Crippen LogP contribution in [0.1, 0.15) is 27.7 Å². The molecule has 1 amide bonds. The zero-order valence-electron chi connectivity index (χ0n) is 14.2. The number of carbonyl (C=O) groups is 1. The molecule has 0 fully saturated rings. The molecule has 0 bridgehead atoms. The van der Waals surface area contributed by atoms with Gasteiger partial charge in [-0.25, -0.2) is 0 Å². The van der Waals surface area contributed by atoms with Crippen molar-refractivity contribution < 1.29 is 9.32 Å².